The first-order valence-corrected chi connectivity index (χ1v) is 4.92. The van der Waals surface area contributed by atoms with Crippen LogP contribution in [0.1, 0.15) is 22.0 Å². The van der Waals surface area contributed by atoms with E-state index >= 15 is 0 Å². The monoisotopic (exact) mass is 234 g/mol. The summed E-state index contributed by atoms with van der Waals surface area (Å²) in [7, 11) is 1.39. The standard InChI is InChI=1S/C11H10N2O4/c1-13-9(14)8(12-11(13)17)6-2-4-7(5-3-6)10(15)16/h2-5,8H,1H3,(H,12,17)(H,15,16)/t8-/m0/s1. The molecule has 88 valence electrons. The van der Waals surface area contributed by atoms with Gasteiger partial charge in [0.1, 0.15) is 6.04 Å². The molecule has 6 nitrogen and oxygen atoms in total. The number of amides is 3. The van der Waals surface area contributed by atoms with Gasteiger partial charge >= 0.3 is 12.0 Å². The van der Waals surface area contributed by atoms with E-state index in [-0.39, 0.29) is 11.5 Å². The predicted molar refractivity (Wildman–Crippen MR) is 57.4 cm³/mol. The summed E-state index contributed by atoms with van der Waals surface area (Å²) < 4.78 is 0. The number of carbonyl (C=O) groups is 3. The van der Waals surface area contributed by atoms with Crippen molar-refractivity contribution < 1.29 is 19.5 Å². The van der Waals surface area contributed by atoms with E-state index in [1.54, 1.807) is 0 Å². The molecule has 0 radical (unpaired) electrons. The number of nitrogens with zero attached hydrogens (tertiary/aromatic N) is 1. The van der Waals surface area contributed by atoms with Crippen LogP contribution in [-0.4, -0.2) is 35.0 Å². The fourth-order valence-electron chi connectivity index (χ4n) is 1.62. The van der Waals surface area contributed by atoms with Gasteiger partial charge in [0, 0.05) is 7.05 Å². The number of nitrogens with one attached hydrogen (secondary N) is 1. The summed E-state index contributed by atoms with van der Waals surface area (Å²) in [5, 5.41) is 11.2. The van der Waals surface area contributed by atoms with Crippen molar-refractivity contribution in [3.63, 3.8) is 0 Å². The second-order valence-corrected chi connectivity index (χ2v) is 3.71. The molecule has 0 spiro atoms. The number of hydrogen-bond acceptors (Lipinski definition) is 3. The molecule has 3 amide bonds. The van der Waals surface area contributed by atoms with Crippen LogP contribution in [0.5, 0.6) is 0 Å². The van der Waals surface area contributed by atoms with Crippen LogP contribution in [0.2, 0.25) is 0 Å². The highest BCUT2D eigenvalue weighted by molar-refractivity contribution is 6.04. The van der Waals surface area contributed by atoms with Crippen LogP contribution in [0.3, 0.4) is 0 Å². The summed E-state index contributed by atoms with van der Waals surface area (Å²) in [5.74, 6) is -1.38. The van der Waals surface area contributed by atoms with Crippen molar-refractivity contribution in [2.75, 3.05) is 7.05 Å². The molecule has 2 rings (SSSR count). The number of likely N-dealkylation sites (N-methyl/N-ethyl adjacent to an activating group) is 1. The maximum Gasteiger partial charge on any atom is 0.335 e. The van der Waals surface area contributed by atoms with E-state index in [9.17, 15) is 14.4 Å². The Morgan fingerprint density at radius 1 is 1.29 bits per heavy atom. The third kappa shape index (κ3) is 1.84. The zero-order chi connectivity index (χ0) is 12.6. The van der Waals surface area contributed by atoms with Crippen LogP contribution >= 0.6 is 0 Å². The Balaban J connectivity index is 2.27. The number of hydrogen-bond donors (Lipinski definition) is 2. The van der Waals surface area contributed by atoms with Gasteiger partial charge in [0.15, 0.2) is 0 Å². The first-order valence-electron chi connectivity index (χ1n) is 4.92. The van der Waals surface area contributed by atoms with Gasteiger partial charge in [-0.2, -0.15) is 0 Å². The van der Waals surface area contributed by atoms with Crippen molar-refractivity contribution in [2.24, 2.45) is 0 Å². The van der Waals surface area contributed by atoms with Crippen molar-refractivity contribution in [3.05, 3.63) is 35.4 Å². The zero-order valence-electron chi connectivity index (χ0n) is 9.01. The normalized spacial score (nSPS) is 19.4. The maximum atomic E-state index is 11.7. The van der Waals surface area contributed by atoms with Crippen LogP contribution in [0, 0.1) is 0 Å². The van der Waals surface area contributed by atoms with Gasteiger partial charge in [0.25, 0.3) is 5.91 Å². The van der Waals surface area contributed by atoms with E-state index < -0.39 is 18.0 Å². The lowest BCUT2D eigenvalue weighted by atomic mass is 10.1. The number of benzene rings is 1. The van der Waals surface area contributed by atoms with E-state index in [0.29, 0.717) is 5.56 Å². The SMILES string of the molecule is CN1C(=O)N[C@@H](c2ccc(C(=O)O)cc2)C1=O. The molecule has 0 bridgehead atoms. The number of carbonyl (C=O) groups excluding carboxylic acids is 2. The third-order valence-corrected chi connectivity index (χ3v) is 2.64. The molecule has 0 unspecified atom stereocenters. The summed E-state index contributed by atoms with van der Waals surface area (Å²) in [5.41, 5.74) is 0.705. The van der Waals surface area contributed by atoms with E-state index in [0.717, 1.165) is 4.90 Å². The van der Waals surface area contributed by atoms with Gasteiger partial charge < -0.3 is 10.4 Å². The third-order valence-electron chi connectivity index (χ3n) is 2.64. The Hall–Kier alpha value is -2.37. The van der Waals surface area contributed by atoms with Crippen molar-refractivity contribution in [1.82, 2.24) is 10.2 Å². The van der Waals surface area contributed by atoms with Gasteiger partial charge in [-0.25, -0.2) is 9.59 Å². The van der Waals surface area contributed by atoms with Crippen molar-refractivity contribution >= 4 is 17.9 Å². The molecule has 1 aromatic rings. The smallest absolute Gasteiger partial charge is 0.335 e. The molecule has 0 aliphatic carbocycles. The second-order valence-electron chi connectivity index (χ2n) is 3.71. The fraction of sp³-hybridized carbons (Fsp3) is 0.182. The fourth-order valence-corrected chi connectivity index (χ4v) is 1.62. The summed E-state index contributed by atoms with van der Waals surface area (Å²) in [4.78, 5) is 34.6. The minimum absolute atomic E-state index is 0.138. The minimum Gasteiger partial charge on any atom is -0.478 e. The van der Waals surface area contributed by atoms with Crippen LogP contribution < -0.4 is 5.32 Å². The highest BCUT2D eigenvalue weighted by Crippen LogP contribution is 2.21. The Labute approximate surface area is 96.8 Å². The average molecular weight is 234 g/mol. The van der Waals surface area contributed by atoms with E-state index in [2.05, 4.69) is 5.32 Å². The summed E-state index contributed by atoms with van der Waals surface area (Å²) in [6, 6.07) is 4.65. The van der Waals surface area contributed by atoms with Gasteiger partial charge in [-0.05, 0) is 17.7 Å². The Bertz CT molecular complexity index is 495. The van der Waals surface area contributed by atoms with Crippen molar-refractivity contribution in [1.29, 1.82) is 0 Å². The van der Waals surface area contributed by atoms with Gasteiger partial charge in [-0.15, -0.1) is 0 Å². The molecule has 1 fully saturated rings. The van der Waals surface area contributed by atoms with Crippen LogP contribution in [0.15, 0.2) is 24.3 Å². The van der Waals surface area contributed by atoms with Gasteiger partial charge in [-0.1, -0.05) is 12.1 Å². The quantitative estimate of drug-likeness (QED) is 0.734. The molecule has 17 heavy (non-hydrogen) atoms. The average Bonchev–Trinajstić information content (AvgIpc) is 2.57. The Morgan fingerprint density at radius 3 is 2.29 bits per heavy atom. The predicted octanol–water partition coefficient (Wildman–Crippen LogP) is 0.608. The molecular weight excluding hydrogens is 224 g/mol. The number of imide groups is 1. The summed E-state index contributed by atoms with van der Waals surface area (Å²) >= 11 is 0. The largest absolute Gasteiger partial charge is 0.478 e. The first-order chi connectivity index (χ1) is 8.00. The molecule has 2 N–H and O–H groups in total. The Morgan fingerprint density at radius 2 is 1.88 bits per heavy atom. The number of rotatable bonds is 2. The molecular formula is C11H10N2O4. The topological polar surface area (TPSA) is 86.7 Å². The lowest BCUT2D eigenvalue weighted by Crippen LogP contribution is -2.25. The van der Waals surface area contributed by atoms with Crippen LogP contribution in [-0.2, 0) is 4.79 Å². The molecule has 1 saturated heterocycles. The molecule has 1 aliphatic heterocycles. The maximum absolute atomic E-state index is 11.7. The first kappa shape index (κ1) is 11.1. The van der Waals surface area contributed by atoms with E-state index in [1.807, 2.05) is 0 Å². The highest BCUT2D eigenvalue weighted by atomic mass is 16.4. The number of aromatic carboxylic acids is 1. The molecule has 0 aromatic heterocycles. The molecule has 6 heteroatoms. The van der Waals surface area contributed by atoms with Gasteiger partial charge in [0.05, 0.1) is 5.56 Å². The molecule has 1 aromatic carbocycles. The van der Waals surface area contributed by atoms with E-state index in [1.165, 1.54) is 31.3 Å². The molecule has 0 saturated carbocycles. The Kier molecular flexibility index (Phi) is 2.55. The second kappa shape index (κ2) is 3.89. The van der Waals surface area contributed by atoms with Crippen molar-refractivity contribution in [2.45, 2.75) is 6.04 Å². The zero-order valence-corrected chi connectivity index (χ0v) is 9.01. The number of carboxylic acid groups (broad SMARTS) is 1. The highest BCUT2D eigenvalue weighted by Gasteiger charge is 2.36. The minimum atomic E-state index is -1.03. The molecule has 1 heterocycles. The lowest BCUT2D eigenvalue weighted by Gasteiger charge is -2.08. The molecule has 1 atom stereocenters. The number of carboxylic acids is 1. The summed E-state index contributed by atoms with van der Waals surface area (Å²) in [6.07, 6.45) is 0. The molecule has 1 aliphatic rings. The lowest BCUT2D eigenvalue weighted by molar-refractivity contribution is -0.126. The summed E-state index contributed by atoms with van der Waals surface area (Å²) in [6.45, 7) is 0. The van der Waals surface area contributed by atoms with Crippen molar-refractivity contribution in [3.8, 4) is 0 Å². The van der Waals surface area contributed by atoms with Crippen LogP contribution in [0.25, 0.3) is 0 Å². The van der Waals surface area contributed by atoms with Gasteiger partial charge in [0.2, 0.25) is 0 Å². The number of urea groups is 1. The van der Waals surface area contributed by atoms with Crippen LogP contribution in [0.4, 0.5) is 4.79 Å². The van der Waals surface area contributed by atoms with Gasteiger partial charge in [-0.3, -0.25) is 9.69 Å². The van der Waals surface area contributed by atoms with E-state index in [4.69, 9.17) is 5.11 Å².